The van der Waals surface area contributed by atoms with Gasteiger partial charge in [-0.15, -0.1) is 0 Å². The van der Waals surface area contributed by atoms with Crippen molar-refractivity contribution in [3.05, 3.63) is 100 Å². The van der Waals surface area contributed by atoms with Gasteiger partial charge in [0.15, 0.2) is 0 Å². The van der Waals surface area contributed by atoms with Gasteiger partial charge in [0.25, 0.3) is 11.5 Å². The Morgan fingerprint density at radius 2 is 1.67 bits per heavy atom. The Balaban J connectivity index is 1.24. The number of para-hydroxylation sites is 1. The molecule has 2 aromatic heterocycles. The lowest BCUT2D eigenvalue weighted by molar-refractivity contribution is 0.0951. The first-order valence-corrected chi connectivity index (χ1v) is 12.4. The van der Waals surface area contributed by atoms with Crippen molar-refractivity contribution in [1.82, 2.24) is 20.1 Å². The van der Waals surface area contributed by atoms with E-state index in [1.807, 2.05) is 36.4 Å². The van der Waals surface area contributed by atoms with Crippen LogP contribution in [-0.2, 0) is 6.54 Å². The maximum absolute atomic E-state index is 13.0. The normalized spacial score (nSPS) is 13.8. The van der Waals surface area contributed by atoms with Gasteiger partial charge in [-0.05, 0) is 67.3 Å². The van der Waals surface area contributed by atoms with Crippen molar-refractivity contribution in [1.29, 1.82) is 0 Å². The molecule has 1 aliphatic rings. The van der Waals surface area contributed by atoms with Crippen molar-refractivity contribution in [3.8, 4) is 5.69 Å². The highest BCUT2D eigenvalue weighted by molar-refractivity contribution is 6.06. The fraction of sp³-hybridized carbons (Fsp3) is 0.207. The van der Waals surface area contributed by atoms with Crippen molar-refractivity contribution in [2.75, 3.05) is 18.0 Å². The molecule has 7 nitrogen and oxygen atoms in total. The molecule has 5 aromatic rings. The van der Waals surface area contributed by atoms with E-state index in [1.54, 1.807) is 18.3 Å². The van der Waals surface area contributed by atoms with Crippen LogP contribution in [0.15, 0.2) is 83.8 Å². The molecule has 0 bridgehead atoms. The van der Waals surface area contributed by atoms with Gasteiger partial charge in [0.05, 0.1) is 22.1 Å². The van der Waals surface area contributed by atoms with Crippen LogP contribution in [0.25, 0.3) is 27.5 Å². The number of benzene rings is 3. The molecular weight excluding hydrogens is 450 g/mol. The van der Waals surface area contributed by atoms with Gasteiger partial charge in [0.1, 0.15) is 0 Å². The Kier molecular flexibility index (Phi) is 5.73. The number of amides is 1. The number of piperidine rings is 1. The van der Waals surface area contributed by atoms with Gasteiger partial charge in [-0.3, -0.25) is 19.7 Å². The number of hydrogen-bond donors (Lipinski definition) is 2. The molecule has 0 saturated carbocycles. The highest BCUT2D eigenvalue weighted by Gasteiger charge is 2.15. The molecule has 2 N–H and O–H groups in total. The number of nitrogens with zero attached hydrogens (tertiary/aromatic N) is 3. The van der Waals surface area contributed by atoms with Crippen molar-refractivity contribution >= 4 is 33.4 Å². The van der Waals surface area contributed by atoms with Crippen LogP contribution in [0, 0.1) is 0 Å². The van der Waals surface area contributed by atoms with Crippen molar-refractivity contribution in [3.63, 3.8) is 0 Å². The third-order valence-corrected chi connectivity index (χ3v) is 6.91. The van der Waals surface area contributed by atoms with Gasteiger partial charge < -0.3 is 10.2 Å². The molecule has 36 heavy (non-hydrogen) atoms. The lowest BCUT2D eigenvalue weighted by atomic mass is 10.1. The zero-order valence-electron chi connectivity index (χ0n) is 19.9. The minimum Gasteiger partial charge on any atom is -0.372 e. The summed E-state index contributed by atoms with van der Waals surface area (Å²) >= 11 is 0. The number of aromatic nitrogens is 3. The SMILES string of the molecule is O=C(NCc1ccc(N2CCCCC2)cc1)c1ccc2ncc3c(=O)n(-c4ccccc4)[nH]c3c2c1. The number of anilines is 1. The molecule has 1 fully saturated rings. The quantitative estimate of drug-likeness (QED) is 0.381. The smallest absolute Gasteiger partial charge is 0.280 e. The van der Waals surface area contributed by atoms with Crippen LogP contribution in [0.3, 0.4) is 0 Å². The molecule has 0 radical (unpaired) electrons. The molecule has 3 heterocycles. The third-order valence-electron chi connectivity index (χ3n) is 6.91. The van der Waals surface area contributed by atoms with E-state index in [9.17, 15) is 9.59 Å². The molecule has 0 atom stereocenters. The van der Waals surface area contributed by atoms with Crippen LogP contribution in [0.4, 0.5) is 5.69 Å². The first-order valence-electron chi connectivity index (χ1n) is 12.4. The van der Waals surface area contributed by atoms with E-state index >= 15 is 0 Å². The minimum atomic E-state index is -0.173. The number of hydrogen-bond acceptors (Lipinski definition) is 4. The van der Waals surface area contributed by atoms with E-state index < -0.39 is 0 Å². The molecule has 1 amide bonds. The number of fused-ring (bicyclic) bond motifs is 3. The summed E-state index contributed by atoms with van der Waals surface area (Å²) < 4.78 is 1.51. The van der Waals surface area contributed by atoms with E-state index in [-0.39, 0.29) is 11.5 Å². The second-order valence-electron chi connectivity index (χ2n) is 9.26. The second kappa shape index (κ2) is 9.34. The van der Waals surface area contributed by atoms with Crippen LogP contribution >= 0.6 is 0 Å². The van der Waals surface area contributed by atoms with Crippen LogP contribution in [-0.4, -0.2) is 33.8 Å². The topological polar surface area (TPSA) is 83.0 Å². The number of H-pyrrole nitrogens is 1. The van der Waals surface area contributed by atoms with E-state index in [0.29, 0.717) is 28.5 Å². The summed E-state index contributed by atoms with van der Waals surface area (Å²) in [4.78, 5) is 32.8. The molecule has 1 aliphatic heterocycles. The number of carbonyl (C=O) groups excluding carboxylic acids is 1. The maximum Gasteiger partial charge on any atom is 0.280 e. The van der Waals surface area contributed by atoms with Crippen molar-refractivity contribution in [2.24, 2.45) is 0 Å². The molecule has 1 saturated heterocycles. The second-order valence-corrected chi connectivity index (χ2v) is 9.26. The molecule has 3 aromatic carbocycles. The summed E-state index contributed by atoms with van der Waals surface area (Å²) in [6, 6.07) is 23.2. The Labute approximate surface area is 208 Å². The molecule has 0 aliphatic carbocycles. The van der Waals surface area contributed by atoms with Gasteiger partial charge in [-0.1, -0.05) is 30.3 Å². The third kappa shape index (κ3) is 4.13. The zero-order chi connectivity index (χ0) is 24.5. The average molecular weight is 478 g/mol. The first kappa shape index (κ1) is 22.1. The Hall–Kier alpha value is -4.39. The molecule has 180 valence electrons. The van der Waals surface area contributed by atoms with E-state index in [1.165, 1.54) is 29.6 Å². The summed E-state index contributed by atoms with van der Waals surface area (Å²) in [7, 11) is 0. The summed E-state index contributed by atoms with van der Waals surface area (Å²) in [6.45, 7) is 2.67. The number of nitrogens with one attached hydrogen (secondary N) is 2. The summed E-state index contributed by atoms with van der Waals surface area (Å²) in [5, 5.41) is 7.45. The Bertz CT molecular complexity index is 1600. The van der Waals surface area contributed by atoms with E-state index in [4.69, 9.17) is 0 Å². The number of rotatable bonds is 5. The lowest BCUT2D eigenvalue weighted by Crippen LogP contribution is -2.29. The van der Waals surface area contributed by atoms with Gasteiger partial charge in [0, 0.05) is 42.5 Å². The van der Waals surface area contributed by atoms with Gasteiger partial charge >= 0.3 is 0 Å². The predicted octanol–water partition coefficient (Wildman–Crippen LogP) is 4.79. The van der Waals surface area contributed by atoms with Crippen LogP contribution in [0.1, 0.15) is 35.2 Å². The molecule has 0 spiro atoms. The molecule has 6 rings (SSSR count). The standard InChI is InChI=1S/C29H27N5O2/c35-28(31-18-20-9-12-22(13-10-20)33-15-5-2-6-16-33)21-11-14-26-24(17-21)27-25(19-30-26)29(36)34(32-27)23-7-3-1-4-8-23/h1,3-4,7-14,17,19,32H,2,5-6,15-16,18H2,(H,31,35). The minimum absolute atomic E-state index is 0.168. The summed E-state index contributed by atoms with van der Waals surface area (Å²) in [6.07, 6.45) is 5.39. The monoisotopic (exact) mass is 477 g/mol. The zero-order valence-corrected chi connectivity index (χ0v) is 19.9. The van der Waals surface area contributed by atoms with Gasteiger partial charge in [-0.2, -0.15) is 0 Å². The van der Waals surface area contributed by atoms with Crippen LogP contribution in [0.2, 0.25) is 0 Å². The fourth-order valence-corrected chi connectivity index (χ4v) is 4.92. The Morgan fingerprint density at radius 3 is 2.44 bits per heavy atom. The molecular formula is C29H27N5O2. The average Bonchev–Trinajstić information content (AvgIpc) is 3.29. The predicted molar refractivity (Wildman–Crippen MR) is 143 cm³/mol. The number of aromatic amines is 1. The largest absolute Gasteiger partial charge is 0.372 e. The lowest BCUT2D eigenvalue weighted by Gasteiger charge is -2.28. The number of carbonyl (C=O) groups is 1. The Morgan fingerprint density at radius 1 is 0.889 bits per heavy atom. The maximum atomic E-state index is 13.0. The summed E-state index contributed by atoms with van der Waals surface area (Å²) in [5.41, 5.74) is 4.77. The van der Waals surface area contributed by atoms with Crippen LogP contribution in [0.5, 0.6) is 0 Å². The highest BCUT2D eigenvalue weighted by Crippen LogP contribution is 2.23. The van der Waals surface area contributed by atoms with Gasteiger partial charge in [-0.25, -0.2) is 4.68 Å². The van der Waals surface area contributed by atoms with E-state index in [0.717, 1.165) is 29.7 Å². The summed E-state index contributed by atoms with van der Waals surface area (Å²) in [5.74, 6) is -0.168. The number of pyridine rings is 1. The van der Waals surface area contributed by atoms with Crippen molar-refractivity contribution < 1.29 is 4.79 Å². The van der Waals surface area contributed by atoms with Gasteiger partial charge in [0.2, 0.25) is 0 Å². The van der Waals surface area contributed by atoms with Crippen molar-refractivity contribution in [2.45, 2.75) is 25.8 Å². The highest BCUT2D eigenvalue weighted by atomic mass is 16.1. The fourth-order valence-electron chi connectivity index (χ4n) is 4.92. The first-order chi connectivity index (χ1) is 17.7. The molecule has 7 heteroatoms. The van der Waals surface area contributed by atoms with Crippen LogP contribution < -0.4 is 15.8 Å². The molecule has 0 unspecified atom stereocenters. The van der Waals surface area contributed by atoms with E-state index in [2.05, 4.69) is 44.6 Å².